The van der Waals surface area contributed by atoms with E-state index >= 15 is 0 Å². The second-order valence-electron chi connectivity index (χ2n) is 4.48. The Bertz CT molecular complexity index is 338. The molecule has 4 nitrogen and oxygen atoms in total. The Labute approximate surface area is 109 Å². The van der Waals surface area contributed by atoms with Crippen molar-refractivity contribution in [3.05, 3.63) is 24.3 Å². The highest BCUT2D eigenvalue weighted by Gasteiger charge is 2.13. The summed E-state index contributed by atoms with van der Waals surface area (Å²) in [4.78, 5) is 0. The van der Waals surface area contributed by atoms with Gasteiger partial charge in [-0.25, -0.2) is 0 Å². The van der Waals surface area contributed by atoms with Crippen LogP contribution in [0.4, 0.5) is 0 Å². The van der Waals surface area contributed by atoms with Crippen LogP contribution in [0.25, 0.3) is 0 Å². The molecule has 0 amide bonds. The van der Waals surface area contributed by atoms with E-state index in [1.54, 1.807) is 7.11 Å². The minimum absolute atomic E-state index is 0. The number of nitrogens with one attached hydrogen (secondary N) is 1. The average molecular weight is 252 g/mol. The van der Waals surface area contributed by atoms with Crippen molar-refractivity contribution in [2.24, 2.45) is 5.92 Å². The van der Waals surface area contributed by atoms with Crippen molar-refractivity contribution < 1.29 is 9.47 Å². The highest BCUT2D eigenvalue weighted by atomic mass is 16.5. The maximum absolute atomic E-state index is 5.79. The zero-order valence-electron chi connectivity index (χ0n) is 11.2. The molecule has 2 rings (SSSR count). The summed E-state index contributed by atoms with van der Waals surface area (Å²) < 4.78 is 11.0. The van der Waals surface area contributed by atoms with Gasteiger partial charge < -0.3 is 20.9 Å². The molecule has 1 heterocycles. The van der Waals surface area contributed by atoms with Gasteiger partial charge in [-0.15, -0.1) is 0 Å². The molecule has 1 aromatic carbocycles. The van der Waals surface area contributed by atoms with Crippen molar-refractivity contribution in [2.75, 3.05) is 26.8 Å². The first-order chi connectivity index (χ1) is 8.40. The van der Waals surface area contributed by atoms with Gasteiger partial charge in [0.15, 0.2) is 11.5 Å². The molecule has 4 heteroatoms. The molecule has 0 saturated carbocycles. The molecule has 1 saturated heterocycles. The first-order valence-electron chi connectivity index (χ1n) is 6.36. The lowest BCUT2D eigenvalue weighted by molar-refractivity contribution is 0.243. The number of para-hydroxylation sites is 2. The highest BCUT2D eigenvalue weighted by molar-refractivity contribution is 5.39. The summed E-state index contributed by atoms with van der Waals surface area (Å²) in [6.45, 7) is 3.09. The summed E-state index contributed by atoms with van der Waals surface area (Å²) in [6.07, 6.45) is 3.68. The first-order valence-corrected chi connectivity index (χ1v) is 6.36. The maximum Gasteiger partial charge on any atom is 0.161 e. The van der Waals surface area contributed by atoms with Gasteiger partial charge in [0.1, 0.15) is 0 Å². The molecular formula is C14H24N2O2. The van der Waals surface area contributed by atoms with E-state index < -0.39 is 0 Å². The van der Waals surface area contributed by atoms with Crippen molar-refractivity contribution in [1.29, 1.82) is 0 Å². The van der Waals surface area contributed by atoms with Crippen molar-refractivity contribution in [3.8, 4) is 11.5 Å². The molecule has 0 aromatic heterocycles. The van der Waals surface area contributed by atoms with Crippen molar-refractivity contribution in [3.63, 3.8) is 0 Å². The number of ether oxygens (including phenoxy) is 2. The minimum atomic E-state index is 0. The quantitative estimate of drug-likeness (QED) is 0.845. The molecular weight excluding hydrogens is 228 g/mol. The fourth-order valence-electron chi connectivity index (χ4n) is 2.24. The highest BCUT2D eigenvalue weighted by Crippen LogP contribution is 2.26. The SMILES string of the molecule is COc1ccccc1OCCC1CCNCC1.N. The Morgan fingerprint density at radius 3 is 2.50 bits per heavy atom. The van der Waals surface area contributed by atoms with Gasteiger partial charge in [-0.2, -0.15) is 0 Å². The third-order valence-electron chi connectivity index (χ3n) is 3.31. The van der Waals surface area contributed by atoms with Crippen molar-refractivity contribution >= 4 is 0 Å². The van der Waals surface area contributed by atoms with Crippen LogP contribution in [0.3, 0.4) is 0 Å². The van der Waals surface area contributed by atoms with Gasteiger partial charge in [-0.1, -0.05) is 12.1 Å². The maximum atomic E-state index is 5.79. The van der Waals surface area contributed by atoms with Crippen LogP contribution in [0.1, 0.15) is 19.3 Å². The monoisotopic (exact) mass is 252 g/mol. The molecule has 0 bridgehead atoms. The Morgan fingerprint density at radius 1 is 1.17 bits per heavy atom. The molecule has 18 heavy (non-hydrogen) atoms. The predicted molar refractivity (Wildman–Crippen MR) is 73.7 cm³/mol. The Hall–Kier alpha value is -1.26. The van der Waals surface area contributed by atoms with Crippen LogP contribution in [0.15, 0.2) is 24.3 Å². The number of benzene rings is 1. The third kappa shape index (κ3) is 4.20. The number of methoxy groups -OCH3 is 1. The summed E-state index contributed by atoms with van der Waals surface area (Å²) in [5.74, 6) is 2.48. The lowest BCUT2D eigenvalue weighted by atomic mass is 9.95. The van der Waals surface area contributed by atoms with Crippen molar-refractivity contribution in [2.45, 2.75) is 19.3 Å². The van der Waals surface area contributed by atoms with Crippen LogP contribution in [0.2, 0.25) is 0 Å². The molecule has 0 radical (unpaired) electrons. The lowest BCUT2D eigenvalue weighted by Crippen LogP contribution is -2.28. The van der Waals surface area contributed by atoms with Gasteiger partial charge in [0, 0.05) is 0 Å². The molecule has 0 atom stereocenters. The standard InChI is InChI=1S/C14H21NO2.H3N/c1-16-13-4-2-3-5-14(13)17-11-8-12-6-9-15-10-7-12;/h2-5,12,15H,6-11H2,1H3;1H3. The Kier molecular flexibility index (Phi) is 6.54. The van der Waals surface area contributed by atoms with E-state index in [0.29, 0.717) is 0 Å². The van der Waals surface area contributed by atoms with E-state index in [9.17, 15) is 0 Å². The molecule has 0 aliphatic carbocycles. The van der Waals surface area contributed by atoms with Crippen LogP contribution in [0, 0.1) is 5.92 Å². The van der Waals surface area contributed by atoms with Crippen LogP contribution < -0.4 is 20.9 Å². The number of rotatable bonds is 5. The topological polar surface area (TPSA) is 65.5 Å². The largest absolute Gasteiger partial charge is 0.493 e. The normalized spacial score (nSPS) is 15.8. The summed E-state index contributed by atoms with van der Waals surface area (Å²) in [5, 5.41) is 3.38. The molecule has 1 aliphatic heterocycles. The summed E-state index contributed by atoms with van der Waals surface area (Å²) >= 11 is 0. The molecule has 0 spiro atoms. The van der Waals surface area contributed by atoms with E-state index in [0.717, 1.165) is 43.5 Å². The zero-order chi connectivity index (χ0) is 11.9. The molecule has 1 fully saturated rings. The molecule has 1 aromatic rings. The summed E-state index contributed by atoms with van der Waals surface area (Å²) in [6, 6.07) is 7.82. The van der Waals surface area contributed by atoms with E-state index in [1.807, 2.05) is 24.3 Å². The summed E-state index contributed by atoms with van der Waals surface area (Å²) in [5.41, 5.74) is 0. The summed E-state index contributed by atoms with van der Waals surface area (Å²) in [7, 11) is 1.68. The zero-order valence-corrected chi connectivity index (χ0v) is 11.2. The number of hydrogen-bond donors (Lipinski definition) is 2. The molecule has 4 N–H and O–H groups in total. The van der Waals surface area contributed by atoms with Crippen LogP contribution in [0.5, 0.6) is 11.5 Å². The number of piperidine rings is 1. The van der Waals surface area contributed by atoms with Gasteiger partial charge in [0.25, 0.3) is 0 Å². The molecule has 102 valence electrons. The van der Waals surface area contributed by atoms with E-state index in [4.69, 9.17) is 9.47 Å². The fourth-order valence-corrected chi connectivity index (χ4v) is 2.24. The molecule has 0 unspecified atom stereocenters. The van der Waals surface area contributed by atoms with E-state index in [-0.39, 0.29) is 6.15 Å². The lowest BCUT2D eigenvalue weighted by Gasteiger charge is -2.22. The smallest absolute Gasteiger partial charge is 0.161 e. The second kappa shape index (κ2) is 7.95. The minimum Gasteiger partial charge on any atom is -0.493 e. The Balaban J connectivity index is 0.00000162. The number of hydrogen-bond acceptors (Lipinski definition) is 4. The van der Waals surface area contributed by atoms with Crippen LogP contribution in [-0.4, -0.2) is 26.8 Å². The third-order valence-corrected chi connectivity index (χ3v) is 3.31. The predicted octanol–water partition coefficient (Wildman–Crippen LogP) is 2.63. The second-order valence-corrected chi connectivity index (χ2v) is 4.48. The fraction of sp³-hybridized carbons (Fsp3) is 0.571. The van der Waals surface area contributed by atoms with Gasteiger partial charge >= 0.3 is 0 Å². The van der Waals surface area contributed by atoms with Crippen LogP contribution >= 0.6 is 0 Å². The van der Waals surface area contributed by atoms with Crippen molar-refractivity contribution in [1.82, 2.24) is 11.5 Å². The molecule has 1 aliphatic rings. The average Bonchev–Trinajstić information content (AvgIpc) is 2.40. The van der Waals surface area contributed by atoms with Gasteiger partial charge in [0.05, 0.1) is 13.7 Å². The van der Waals surface area contributed by atoms with Gasteiger partial charge in [-0.3, -0.25) is 0 Å². The van der Waals surface area contributed by atoms with E-state index in [2.05, 4.69) is 5.32 Å². The van der Waals surface area contributed by atoms with Crippen LogP contribution in [-0.2, 0) is 0 Å². The van der Waals surface area contributed by atoms with Gasteiger partial charge in [0.2, 0.25) is 0 Å². The Morgan fingerprint density at radius 2 is 1.83 bits per heavy atom. The van der Waals surface area contributed by atoms with E-state index in [1.165, 1.54) is 12.8 Å². The van der Waals surface area contributed by atoms with Gasteiger partial charge in [-0.05, 0) is 50.4 Å². The first kappa shape index (κ1) is 14.8.